The van der Waals surface area contributed by atoms with Gasteiger partial charge < -0.3 is 5.32 Å². The molecule has 2 rings (SSSR count). The van der Waals surface area contributed by atoms with Crippen LogP contribution in [0.1, 0.15) is 24.1 Å². The number of nitrogens with zero attached hydrogens (tertiary/aromatic N) is 3. The average molecular weight is 244 g/mol. The highest BCUT2D eigenvalue weighted by atomic mass is 32.1. The van der Waals surface area contributed by atoms with Crippen LogP contribution in [0.5, 0.6) is 0 Å². The minimum Gasteiger partial charge on any atom is -0.368 e. The number of anilines is 1. The molecule has 0 aromatic carbocycles. The second-order valence-electron chi connectivity index (χ2n) is 3.74. The van der Waals surface area contributed by atoms with Crippen molar-refractivity contribution in [3.8, 4) is 6.07 Å². The Morgan fingerprint density at radius 3 is 2.94 bits per heavy atom. The van der Waals surface area contributed by atoms with Crippen molar-refractivity contribution < 1.29 is 0 Å². The van der Waals surface area contributed by atoms with Gasteiger partial charge in [0.2, 0.25) is 0 Å². The SMILES string of the molecule is CC(CNc1cnc(C#N)cn1)c1ccsc1. The standard InChI is InChI=1S/C12H12N4S/c1-9(10-2-3-17-8-10)5-15-12-7-14-11(4-13)6-16-12/h2-3,6-9H,5H2,1H3,(H,15,16). The Labute approximate surface area is 104 Å². The van der Waals surface area contributed by atoms with Crippen molar-refractivity contribution >= 4 is 17.2 Å². The first kappa shape index (κ1) is 11.6. The van der Waals surface area contributed by atoms with Crippen molar-refractivity contribution in [2.24, 2.45) is 0 Å². The molecule has 0 amide bonds. The number of nitriles is 1. The molecule has 0 aliphatic carbocycles. The molecular weight excluding hydrogens is 232 g/mol. The molecule has 0 bridgehead atoms. The maximum Gasteiger partial charge on any atom is 0.158 e. The van der Waals surface area contributed by atoms with Gasteiger partial charge in [-0.2, -0.15) is 16.6 Å². The predicted octanol–water partition coefficient (Wildman–Crippen LogP) is 2.63. The molecule has 0 radical (unpaired) electrons. The number of rotatable bonds is 4. The summed E-state index contributed by atoms with van der Waals surface area (Å²) in [6.07, 6.45) is 3.05. The van der Waals surface area contributed by atoms with Crippen LogP contribution in [0.25, 0.3) is 0 Å². The van der Waals surface area contributed by atoms with Gasteiger partial charge in [0.15, 0.2) is 5.69 Å². The molecule has 0 aliphatic heterocycles. The van der Waals surface area contributed by atoms with E-state index in [4.69, 9.17) is 5.26 Å². The summed E-state index contributed by atoms with van der Waals surface area (Å²) in [6.45, 7) is 2.96. The Hall–Kier alpha value is -1.93. The van der Waals surface area contributed by atoms with Crippen molar-refractivity contribution in [2.75, 3.05) is 11.9 Å². The van der Waals surface area contributed by atoms with E-state index in [9.17, 15) is 0 Å². The third kappa shape index (κ3) is 3.02. The predicted molar refractivity (Wildman–Crippen MR) is 68.0 cm³/mol. The lowest BCUT2D eigenvalue weighted by molar-refractivity contribution is 0.804. The number of hydrogen-bond acceptors (Lipinski definition) is 5. The summed E-state index contributed by atoms with van der Waals surface area (Å²) in [4.78, 5) is 8.06. The van der Waals surface area contributed by atoms with Crippen LogP contribution in [0.3, 0.4) is 0 Å². The molecule has 1 N–H and O–H groups in total. The van der Waals surface area contributed by atoms with Crippen molar-refractivity contribution in [1.82, 2.24) is 9.97 Å². The van der Waals surface area contributed by atoms with E-state index in [1.807, 2.05) is 6.07 Å². The van der Waals surface area contributed by atoms with Crippen LogP contribution in [-0.2, 0) is 0 Å². The Balaban J connectivity index is 1.91. The van der Waals surface area contributed by atoms with Crippen molar-refractivity contribution in [3.05, 3.63) is 40.5 Å². The van der Waals surface area contributed by atoms with E-state index in [1.54, 1.807) is 17.5 Å². The molecule has 4 nitrogen and oxygen atoms in total. The van der Waals surface area contributed by atoms with Crippen LogP contribution in [0.15, 0.2) is 29.2 Å². The molecular formula is C12H12N4S. The highest BCUT2D eigenvalue weighted by Crippen LogP contribution is 2.18. The van der Waals surface area contributed by atoms with Crippen LogP contribution >= 0.6 is 11.3 Å². The van der Waals surface area contributed by atoms with E-state index in [-0.39, 0.29) is 0 Å². The molecule has 1 unspecified atom stereocenters. The lowest BCUT2D eigenvalue weighted by Crippen LogP contribution is -2.10. The van der Waals surface area contributed by atoms with Crippen LogP contribution in [0.4, 0.5) is 5.82 Å². The molecule has 0 spiro atoms. The van der Waals surface area contributed by atoms with E-state index in [0.29, 0.717) is 17.4 Å². The van der Waals surface area contributed by atoms with Gasteiger partial charge in [0.25, 0.3) is 0 Å². The normalized spacial score (nSPS) is 11.8. The van der Waals surface area contributed by atoms with Gasteiger partial charge in [-0.25, -0.2) is 9.97 Å². The third-order valence-electron chi connectivity index (χ3n) is 2.47. The Morgan fingerprint density at radius 2 is 2.35 bits per heavy atom. The summed E-state index contributed by atoms with van der Waals surface area (Å²) in [7, 11) is 0. The third-order valence-corrected chi connectivity index (χ3v) is 3.17. The van der Waals surface area contributed by atoms with Crippen LogP contribution in [-0.4, -0.2) is 16.5 Å². The van der Waals surface area contributed by atoms with Crippen molar-refractivity contribution in [1.29, 1.82) is 5.26 Å². The fraction of sp³-hybridized carbons (Fsp3) is 0.250. The number of aromatic nitrogens is 2. The smallest absolute Gasteiger partial charge is 0.158 e. The largest absolute Gasteiger partial charge is 0.368 e. The van der Waals surface area contributed by atoms with Gasteiger partial charge in [-0.1, -0.05) is 6.92 Å². The van der Waals surface area contributed by atoms with Gasteiger partial charge >= 0.3 is 0 Å². The molecule has 0 fully saturated rings. The second-order valence-corrected chi connectivity index (χ2v) is 4.52. The minimum atomic E-state index is 0.335. The Kier molecular flexibility index (Phi) is 3.68. The monoisotopic (exact) mass is 244 g/mol. The first-order valence-corrected chi connectivity index (χ1v) is 6.22. The molecule has 2 aromatic heterocycles. The van der Waals surface area contributed by atoms with Gasteiger partial charge in [-0.3, -0.25) is 0 Å². The lowest BCUT2D eigenvalue weighted by atomic mass is 10.1. The molecule has 86 valence electrons. The van der Waals surface area contributed by atoms with Crippen molar-refractivity contribution in [3.63, 3.8) is 0 Å². The van der Waals surface area contributed by atoms with Gasteiger partial charge in [0.05, 0.1) is 12.4 Å². The highest BCUT2D eigenvalue weighted by Gasteiger charge is 2.05. The molecule has 17 heavy (non-hydrogen) atoms. The maximum absolute atomic E-state index is 8.60. The Bertz CT molecular complexity index is 498. The topological polar surface area (TPSA) is 61.6 Å². The quantitative estimate of drug-likeness (QED) is 0.898. The van der Waals surface area contributed by atoms with Gasteiger partial charge in [0, 0.05) is 6.54 Å². The first-order valence-electron chi connectivity index (χ1n) is 5.27. The summed E-state index contributed by atoms with van der Waals surface area (Å²) >= 11 is 1.70. The van der Waals surface area contributed by atoms with Crippen LogP contribution in [0.2, 0.25) is 0 Å². The summed E-state index contributed by atoms with van der Waals surface area (Å²) < 4.78 is 0. The van der Waals surface area contributed by atoms with E-state index < -0.39 is 0 Å². The summed E-state index contributed by atoms with van der Waals surface area (Å²) in [5.41, 5.74) is 1.66. The molecule has 5 heteroatoms. The minimum absolute atomic E-state index is 0.335. The molecule has 0 aliphatic rings. The van der Waals surface area contributed by atoms with Gasteiger partial charge in [-0.15, -0.1) is 0 Å². The molecule has 2 heterocycles. The van der Waals surface area contributed by atoms with Gasteiger partial charge in [-0.05, 0) is 28.3 Å². The van der Waals surface area contributed by atoms with E-state index >= 15 is 0 Å². The van der Waals surface area contributed by atoms with Gasteiger partial charge in [0.1, 0.15) is 11.9 Å². The fourth-order valence-corrected chi connectivity index (χ4v) is 2.19. The molecule has 0 saturated carbocycles. The number of hydrogen-bond donors (Lipinski definition) is 1. The zero-order valence-corrected chi connectivity index (χ0v) is 10.2. The highest BCUT2D eigenvalue weighted by molar-refractivity contribution is 7.07. The first-order chi connectivity index (χ1) is 8.29. The van der Waals surface area contributed by atoms with E-state index in [1.165, 1.54) is 11.8 Å². The number of nitrogens with one attached hydrogen (secondary N) is 1. The summed E-state index contributed by atoms with van der Waals surface area (Å²) in [6, 6.07) is 4.07. The van der Waals surface area contributed by atoms with Crippen LogP contribution < -0.4 is 5.32 Å². The zero-order chi connectivity index (χ0) is 12.1. The summed E-state index contributed by atoms with van der Waals surface area (Å²) in [5.74, 6) is 1.13. The zero-order valence-electron chi connectivity index (χ0n) is 9.42. The van der Waals surface area contributed by atoms with Crippen LogP contribution in [0, 0.1) is 11.3 Å². The molecule has 2 aromatic rings. The van der Waals surface area contributed by atoms with Crippen molar-refractivity contribution in [2.45, 2.75) is 12.8 Å². The van der Waals surface area contributed by atoms with E-state index in [2.05, 4.69) is 39.0 Å². The Morgan fingerprint density at radius 1 is 1.47 bits per heavy atom. The lowest BCUT2D eigenvalue weighted by Gasteiger charge is -2.11. The molecule has 0 saturated heterocycles. The second kappa shape index (κ2) is 5.41. The average Bonchev–Trinajstić information content (AvgIpc) is 2.90. The maximum atomic E-state index is 8.60. The number of thiophene rings is 1. The molecule has 1 atom stereocenters. The van der Waals surface area contributed by atoms with E-state index in [0.717, 1.165) is 6.54 Å². The summed E-state index contributed by atoms with van der Waals surface area (Å²) in [5, 5.41) is 16.0. The fourth-order valence-electron chi connectivity index (χ4n) is 1.41.